The van der Waals surface area contributed by atoms with Gasteiger partial charge < -0.3 is 42.1 Å². The average molecular weight is 883 g/mol. The quantitative estimate of drug-likeness (QED) is 0.0295. The molecule has 0 heterocycles. The number of aliphatic hydroxyl groups excluding tert-OH is 2. The van der Waals surface area contributed by atoms with Gasteiger partial charge in [0.05, 0.1) is 19.3 Å². The highest BCUT2D eigenvalue weighted by molar-refractivity contribution is 5.89. The number of aliphatic hydroxyl groups is 2. The molecule has 0 aromatic rings. The van der Waals surface area contributed by atoms with Crippen LogP contribution >= 0.6 is 0 Å². The molecule has 0 spiro atoms. The van der Waals surface area contributed by atoms with Crippen LogP contribution < -0.4 is 33.0 Å². The van der Waals surface area contributed by atoms with E-state index in [4.69, 9.17) is 11.5 Å². The minimum Gasteiger partial charge on any atom is -0.394 e. The third kappa shape index (κ3) is 32.9. The van der Waals surface area contributed by atoms with Crippen LogP contribution in [0.2, 0.25) is 0 Å². The van der Waals surface area contributed by atoms with Gasteiger partial charge in [0.25, 0.3) is 0 Å². The molecule has 15 heteroatoms. The number of carbonyl (C=O) groups is 5. The molecule has 0 rings (SSSR count). The van der Waals surface area contributed by atoms with Gasteiger partial charge in [-0.1, -0.05) is 123 Å². The van der Waals surface area contributed by atoms with Crippen LogP contribution in [0.5, 0.6) is 0 Å². The van der Waals surface area contributed by atoms with E-state index in [1.165, 1.54) is 84.0 Å². The third-order valence-corrected chi connectivity index (χ3v) is 11.5. The molecule has 3 atom stereocenters. The fraction of sp³-hybridized carbons (Fsp3) is 0.894. The van der Waals surface area contributed by atoms with Crippen LogP contribution in [-0.4, -0.2) is 127 Å². The van der Waals surface area contributed by atoms with Crippen LogP contribution in [0.3, 0.4) is 0 Å². The van der Waals surface area contributed by atoms with Gasteiger partial charge in [-0.15, -0.1) is 0 Å². The first-order valence-electron chi connectivity index (χ1n) is 24.9. The Balaban J connectivity index is 5.31. The summed E-state index contributed by atoms with van der Waals surface area (Å²) >= 11 is 0. The average Bonchev–Trinajstić information content (AvgIpc) is 3.26. The summed E-state index contributed by atoms with van der Waals surface area (Å²) in [6.45, 7) is 8.45. The largest absolute Gasteiger partial charge is 0.394 e. The van der Waals surface area contributed by atoms with Crippen molar-refractivity contribution in [2.45, 2.75) is 212 Å². The van der Waals surface area contributed by atoms with Crippen LogP contribution in [0.4, 0.5) is 0 Å². The monoisotopic (exact) mass is 883 g/mol. The van der Waals surface area contributed by atoms with Gasteiger partial charge in [0, 0.05) is 52.1 Å². The maximum absolute atomic E-state index is 13.5. The van der Waals surface area contributed by atoms with E-state index in [0.29, 0.717) is 77.8 Å². The highest BCUT2D eigenvalue weighted by Crippen LogP contribution is 2.14. The molecule has 0 aromatic heterocycles. The first-order valence-corrected chi connectivity index (χ1v) is 24.9. The lowest BCUT2D eigenvalue weighted by molar-refractivity contribution is -0.133. The molecule has 0 bridgehead atoms. The lowest BCUT2D eigenvalue weighted by atomic mass is 10.1. The summed E-state index contributed by atoms with van der Waals surface area (Å²) in [5, 5.41) is 24.6. The molecule has 364 valence electrons. The van der Waals surface area contributed by atoms with Crippen LogP contribution in [0.1, 0.15) is 194 Å². The molecular formula is C47H94N8O7. The number of hydrogen-bond acceptors (Lipinski definition) is 11. The van der Waals surface area contributed by atoms with Crippen molar-refractivity contribution in [2.75, 3.05) is 59.0 Å². The predicted octanol–water partition coefficient (Wildman–Crippen LogP) is 5.14. The minimum absolute atomic E-state index is 0.0898. The van der Waals surface area contributed by atoms with Gasteiger partial charge in [-0.2, -0.15) is 0 Å². The highest BCUT2D eigenvalue weighted by Gasteiger charge is 2.23. The van der Waals surface area contributed by atoms with E-state index in [9.17, 15) is 34.2 Å². The Morgan fingerprint density at radius 2 is 0.968 bits per heavy atom. The maximum atomic E-state index is 13.5. The summed E-state index contributed by atoms with van der Waals surface area (Å²) < 4.78 is 0. The number of nitrogens with zero attached hydrogens (tertiary/aromatic N) is 2. The molecule has 0 saturated heterocycles. The Morgan fingerprint density at radius 3 is 1.40 bits per heavy atom. The zero-order valence-electron chi connectivity index (χ0n) is 39.7. The van der Waals surface area contributed by atoms with Crippen molar-refractivity contribution < 1.29 is 34.2 Å². The maximum Gasteiger partial charge on any atom is 0.244 e. The fourth-order valence-corrected chi connectivity index (χ4v) is 7.36. The normalized spacial score (nSPS) is 12.8. The number of carbonyl (C=O) groups excluding carboxylic acids is 5. The van der Waals surface area contributed by atoms with E-state index in [-0.39, 0.29) is 30.7 Å². The number of Topliss-reactive ketones (excluding diaryl/α,β-unsaturated/α-hetero) is 1. The number of nitrogens with two attached hydrogens (primary N) is 2. The highest BCUT2D eigenvalue weighted by atomic mass is 16.3. The van der Waals surface area contributed by atoms with Crippen molar-refractivity contribution in [3.05, 3.63) is 0 Å². The Kier molecular flexibility index (Phi) is 40.4. The van der Waals surface area contributed by atoms with Crippen molar-refractivity contribution in [3.8, 4) is 0 Å². The summed E-state index contributed by atoms with van der Waals surface area (Å²) in [6, 6.07) is -2.59. The smallest absolute Gasteiger partial charge is 0.244 e. The number of nitrogens with one attached hydrogen (secondary N) is 4. The van der Waals surface area contributed by atoms with Crippen molar-refractivity contribution in [2.24, 2.45) is 11.5 Å². The van der Waals surface area contributed by atoms with E-state index < -0.39 is 36.5 Å². The van der Waals surface area contributed by atoms with E-state index in [2.05, 4.69) is 35.3 Å². The third-order valence-electron chi connectivity index (χ3n) is 11.5. The van der Waals surface area contributed by atoms with E-state index in [0.717, 1.165) is 57.8 Å². The van der Waals surface area contributed by atoms with Gasteiger partial charge in [0.1, 0.15) is 17.9 Å². The van der Waals surface area contributed by atoms with Crippen molar-refractivity contribution >= 4 is 29.4 Å². The fourth-order valence-electron chi connectivity index (χ4n) is 7.36. The predicted molar refractivity (Wildman–Crippen MR) is 251 cm³/mol. The number of unbranched alkanes of at least 4 members (excludes halogenated alkanes) is 18. The first-order chi connectivity index (χ1) is 30.1. The summed E-state index contributed by atoms with van der Waals surface area (Å²) in [5.74, 6) is -0.935. The second-order valence-corrected chi connectivity index (χ2v) is 17.2. The second-order valence-electron chi connectivity index (χ2n) is 17.2. The van der Waals surface area contributed by atoms with Crippen LogP contribution in [-0.2, 0) is 24.0 Å². The van der Waals surface area contributed by atoms with Crippen LogP contribution in [0.15, 0.2) is 0 Å². The minimum atomic E-state index is -1.12. The molecular weight excluding hydrogens is 789 g/mol. The molecule has 0 radical (unpaired) electrons. The van der Waals surface area contributed by atoms with Gasteiger partial charge in [0.15, 0.2) is 0 Å². The van der Waals surface area contributed by atoms with Crippen LogP contribution in [0, 0.1) is 0 Å². The Morgan fingerprint density at radius 1 is 0.532 bits per heavy atom. The summed E-state index contributed by atoms with van der Waals surface area (Å²) in [6.07, 6.45) is 26.6. The first kappa shape index (κ1) is 59.3. The summed E-state index contributed by atoms with van der Waals surface area (Å²) in [7, 11) is 0. The van der Waals surface area contributed by atoms with Gasteiger partial charge in [-0.05, 0) is 64.8 Å². The van der Waals surface area contributed by atoms with Crippen molar-refractivity contribution in [1.29, 1.82) is 0 Å². The van der Waals surface area contributed by atoms with E-state index >= 15 is 0 Å². The number of ketones is 1. The molecule has 0 saturated carbocycles. The Hall–Kier alpha value is -2.69. The van der Waals surface area contributed by atoms with Gasteiger partial charge in [0.2, 0.25) is 23.6 Å². The number of amides is 4. The zero-order chi connectivity index (χ0) is 46.1. The molecule has 0 aliphatic heterocycles. The Labute approximate surface area is 376 Å². The van der Waals surface area contributed by atoms with Crippen molar-refractivity contribution in [1.82, 2.24) is 31.3 Å². The standard InChI is InChI=1S/C47H94N8O7/c1-4-6-8-10-12-14-16-18-20-29-44(59)54(36-26-32-50-47(62)43(39-57)52-46(61)41(49)28-22-23-31-48)34-24-25-35-55(37-27-33-51-53-42(38-56)40(3)58)45(60)30-21-19-17-15-13-11-9-7-5-2/h41-43,51,53,56-57H,4-39,48-49H2,1-3H3,(H,50,62)(H,52,61)/t41-,42-,43-/m0/s1. The Bertz CT molecular complexity index is 1130. The topological polar surface area (TPSA) is 232 Å². The number of hydrazine groups is 1. The van der Waals surface area contributed by atoms with Gasteiger partial charge in [-0.25, -0.2) is 5.43 Å². The zero-order valence-corrected chi connectivity index (χ0v) is 39.7. The molecule has 62 heavy (non-hydrogen) atoms. The molecule has 4 amide bonds. The van der Waals surface area contributed by atoms with E-state index in [1.54, 1.807) is 0 Å². The molecule has 0 fully saturated rings. The molecule has 15 nitrogen and oxygen atoms in total. The van der Waals surface area contributed by atoms with Crippen molar-refractivity contribution in [3.63, 3.8) is 0 Å². The van der Waals surface area contributed by atoms with Crippen LogP contribution in [0.25, 0.3) is 0 Å². The van der Waals surface area contributed by atoms with Gasteiger partial charge in [-0.3, -0.25) is 29.4 Å². The summed E-state index contributed by atoms with van der Waals surface area (Å²) in [5.41, 5.74) is 17.4. The second kappa shape index (κ2) is 42.3. The molecule has 0 aromatic carbocycles. The molecule has 0 unspecified atom stereocenters. The summed E-state index contributed by atoms with van der Waals surface area (Å²) in [4.78, 5) is 67.8. The number of hydrogen-bond donors (Lipinski definition) is 8. The van der Waals surface area contributed by atoms with Gasteiger partial charge >= 0.3 is 0 Å². The SMILES string of the molecule is CCCCCCCCCCCC(=O)N(CCCCN(CCCNC(=O)[C@H](CO)NC(=O)[C@@H](N)CCCCN)C(=O)CCCCCCCCCCC)CCCNN[C@@H](CO)C(C)=O. The molecule has 10 N–H and O–H groups in total. The lowest BCUT2D eigenvalue weighted by Crippen LogP contribution is -2.53. The number of rotatable bonds is 45. The molecule has 0 aliphatic carbocycles. The van der Waals surface area contributed by atoms with E-state index in [1.807, 2.05) is 9.80 Å². The molecule has 0 aliphatic rings. The lowest BCUT2D eigenvalue weighted by Gasteiger charge is -2.26.